The Labute approximate surface area is 315 Å². The number of carbonyl (C=O) groups is 2. The van der Waals surface area contributed by atoms with E-state index in [0.29, 0.717) is 26.1 Å². The van der Waals surface area contributed by atoms with Crippen molar-refractivity contribution in [3.63, 3.8) is 0 Å². The summed E-state index contributed by atoms with van der Waals surface area (Å²) in [6.07, 6.45) is 13.1. The quantitative estimate of drug-likeness (QED) is 0.0872. The number of rotatable bonds is 14. The second-order valence-corrected chi connectivity index (χ2v) is 14.2. The van der Waals surface area contributed by atoms with Crippen molar-refractivity contribution in [2.75, 3.05) is 13.2 Å². The monoisotopic (exact) mass is 724 g/mol. The second kappa shape index (κ2) is 16.4. The first-order chi connectivity index (χ1) is 26.2. The van der Waals surface area contributed by atoms with Crippen LogP contribution in [0.1, 0.15) is 85.4 Å². The van der Waals surface area contributed by atoms with Gasteiger partial charge < -0.3 is 28.6 Å². The molecular formula is C44H48N6O4. The Balaban J connectivity index is 1.20. The fraction of sp³-hybridized carbons (Fsp3) is 0.318. The largest absolute Gasteiger partial charge is 0.466 e. The third-order valence-corrected chi connectivity index (χ3v) is 10.2. The van der Waals surface area contributed by atoms with E-state index in [4.69, 9.17) is 19.4 Å². The van der Waals surface area contributed by atoms with Gasteiger partial charge in [0.2, 0.25) is 0 Å². The zero-order valence-corrected chi connectivity index (χ0v) is 31.6. The zero-order valence-electron chi connectivity index (χ0n) is 31.6. The summed E-state index contributed by atoms with van der Waals surface area (Å²) in [5, 5.41) is 0. The van der Waals surface area contributed by atoms with E-state index in [9.17, 15) is 9.59 Å². The smallest absolute Gasteiger partial charge is 0.306 e. The van der Waals surface area contributed by atoms with Gasteiger partial charge >= 0.3 is 11.9 Å². The van der Waals surface area contributed by atoms with Gasteiger partial charge in [-0.3, -0.25) is 9.59 Å². The van der Waals surface area contributed by atoms with Crippen LogP contribution in [0.15, 0.2) is 79.4 Å². The highest BCUT2D eigenvalue weighted by molar-refractivity contribution is 5.94. The molecule has 2 aliphatic heterocycles. The van der Waals surface area contributed by atoms with Crippen LogP contribution in [-0.4, -0.2) is 54.2 Å². The topological polar surface area (TPSA) is 120 Å². The lowest BCUT2D eigenvalue weighted by molar-refractivity contribution is -0.144. The second-order valence-electron chi connectivity index (χ2n) is 14.2. The molecule has 5 aromatic heterocycles. The molecule has 10 heteroatoms. The van der Waals surface area contributed by atoms with Gasteiger partial charge in [-0.1, -0.05) is 0 Å². The van der Waals surface area contributed by atoms with E-state index >= 15 is 0 Å². The summed E-state index contributed by atoms with van der Waals surface area (Å²) < 4.78 is 15.4. The molecular weight excluding hydrogens is 677 g/mol. The Morgan fingerprint density at radius 1 is 0.667 bits per heavy atom. The number of ether oxygens (including phenoxy) is 2. The minimum atomic E-state index is -0.229. The van der Waals surface area contributed by atoms with Gasteiger partial charge in [0.25, 0.3) is 0 Å². The first-order valence-corrected chi connectivity index (χ1v) is 18.8. The highest BCUT2D eigenvalue weighted by Gasteiger charge is 2.21. The molecule has 5 aromatic rings. The van der Waals surface area contributed by atoms with Gasteiger partial charge in [-0.25, -0.2) is 9.97 Å². The molecule has 0 spiro atoms. The van der Waals surface area contributed by atoms with Crippen molar-refractivity contribution in [1.82, 2.24) is 29.1 Å². The molecule has 8 bridgehead atoms. The van der Waals surface area contributed by atoms with Crippen LogP contribution < -0.4 is 0 Å². The Kier molecular flexibility index (Phi) is 11.1. The lowest BCUT2D eigenvalue weighted by atomic mass is 10.00. The first-order valence-electron chi connectivity index (χ1n) is 18.8. The molecule has 0 unspecified atom stereocenters. The Bertz CT molecular complexity index is 2370. The molecule has 0 amide bonds. The standard InChI is InChI=1S/C44H48N6O4/c1-29-23-34-26-39-31(3)35(11-13-43(51)53-21-9-19-49-15-5-6-16-49)41(47-39)28-42-36(12-14-44(52)54-22-10-20-50-17-7-8-18-50)32(4)40(48-42)27-38-30(2)24-33(46-38)25-37(29)45-34/h5-8,15-18,23-28,45,47H,9-14,19-22H2,1-4H3. The minimum Gasteiger partial charge on any atom is -0.466 e. The summed E-state index contributed by atoms with van der Waals surface area (Å²) in [5.74, 6) is -0.450. The van der Waals surface area contributed by atoms with Crippen molar-refractivity contribution in [3.05, 3.63) is 119 Å². The molecule has 2 N–H and O–H groups in total. The Morgan fingerprint density at radius 3 is 1.98 bits per heavy atom. The van der Waals surface area contributed by atoms with E-state index in [1.165, 1.54) is 0 Å². The van der Waals surface area contributed by atoms with Crippen LogP contribution in [0.3, 0.4) is 0 Å². The number of nitrogens with zero attached hydrogens (tertiary/aromatic N) is 4. The molecule has 0 aliphatic carbocycles. The van der Waals surface area contributed by atoms with E-state index in [0.717, 1.165) is 104 Å². The lowest BCUT2D eigenvalue weighted by Gasteiger charge is -2.08. The summed E-state index contributed by atoms with van der Waals surface area (Å²) in [5.41, 5.74) is 13.4. The molecule has 278 valence electrons. The van der Waals surface area contributed by atoms with Crippen molar-refractivity contribution in [3.8, 4) is 0 Å². The number of aromatic nitrogens is 6. The van der Waals surface area contributed by atoms with E-state index < -0.39 is 0 Å². The molecule has 54 heavy (non-hydrogen) atoms. The van der Waals surface area contributed by atoms with E-state index in [1.54, 1.807) is 0 Å². The number of nitrogens with one attached hydrogen (secondary N) is 2. The third kappa shape index (κ3) is 8.65. The molecule has 0 saturated carbocycles. The molecule has 0 saturated heterocycles. The number of carbonyl (C=O) groups excluding carboxylic acids is 2. The average Bonchev–Trinajstić information content (AvgIpc) is 4.01. The van der Waals surface area contributed by atoms with Crippen LogP contribution in [0, 0.1) is 13.8 Å². The molecule has 10 nitrogen and oxygen atoms in total. The van der Waals surface area contributed by atoms with Gasteiger partial charge in [0.15, 0.2) is 0 Å². The summed E-state index contributed by atoms with van der Waals surface area (Å²) >= 11 is 0. The fourth-order valence-electron chi connectivity index (χ4n) is 7.15. The van der Waals surface area contributed by atoms with Crippen LogP contribution in [0.5, 0.6) is 0 Å². The maximum atomic E-state index is 13.0. The summed E-state index contributed by atoms with van der Waals surface area (Å²) in [7, 11) is 0. The van der Waals surface area contributed by atoms with Gasteiger partial charge in [0.05, 0.1) is 36.0 Å². The van der Waals surface area contributed by atoms with Crippen LogP contribution in [0.25, 0.3) is 44.9 Å². The number of esters is 2. The number of hydrogen-bond acceptors (Lipinski definition) is 6. The predicted octanol–water partition coefficient (Wildman–Crippen LogP) is 9.01. The molecule has 0 aromatic carbocycles. The molecule has 7 heterocycles. The van der Waals surface area contributed by atoms with Crippen molar-refractivity contribution < 1.29 is 19.1 Å². The van der Waals surface area contributed by atoms with Crippen molar-refractivity contribution in [2.45, 2.75) is 79.3 Å². The first kappa shape index (κ1) is 36.5. The predicted molar refractivity (Wildman–Crippen MR) is 214 cm³/mol. The maximum absolute atomic E-state index is 13.0. The SMILES string of the molecule is CC1=Cc2cc3[nH]c(cc3C)cc3[nH]c(cc4nc(cc1n2)C(C)=C4CCC(=O)OCCCn1cccc1)c(CCC(=O)OCCCn1cccc1)c3C. The summed E-state index contributed by atoms with van der Waals surface area (Å²) in [6, 6.07) is 18.4. The van der Waals surface area contributed by atoms with Crippen LogP contribution in [-0.2, 0) is 38.6 Å². The number of hydrogen-bond donors (Lipinski definition) is 2. The minimum absolute atomic E-state index is 0.221. The number of aryl methyl sites for hydroxylation is 5. The van der Waals surface area contributed by atoms with Crippen LogP contribution in [0.2, 0.25) is 0 Å². The van der Waals surface area contributed by atoms with E-state index in [2.05, 4.69) is 77.1 Å². The highest BCUT2D eigenvalue weighted by Crippen LogP contribution is 2.35. The number of fused-ring (bicyclic) bond motifs is 8. The lowest BCUT2D eigenvalue weighted by Crippen LogP contribution is -2.09. The van der Waals surface area contributed by atoms with Crippen molar-refractivity contribution in [1.29, 1.82) is 0 Å². The zero-order chi connectivity index (χ0) is 37.6. The molecule has 0 fully saturated rings. The molecule has 2 aliphatic rings. The molecule has 0 radical (unpaired) electrons. The fourth-order valence-corrected chi connectivity index (χ4v) is 7.15. The van der Waals surface area contributed by atoms with Gasteiger partial charge in [-0.15, -0.1) is 0 Å². The van der Waals surface area contributed by atoms with Gasteiger partial charge in [-0.05, 0) is 147 Å². The van der Waals surface area contributed by atoms with E-state index in [-0.39, 0.29) is 24.8 Å². The summed E-state index contributed by atoms with van der Waals surface area (Å²) in [4.78, 5) is 43.2. The molecule has 7 rings (SSSR count). The average molecular weight is 725 g/mol. The normalized spacial score (nSPS) is 12.6. The maximum Gasteiger partial charge on any atom is 0.306 e. The van der Waals surface area contributed by atoms with Crippen molar-refractivity contribution >= 4 is 56.8 Å². The number of allylic oxidation sites excluding steroid dienone is 3. The Morgan fingerprint density at radius 2 is 1.31 bits per heavy atom. The van der Waals surface area contributed by atoms with Crippen LogP contribution >= 0.6 is 0 Å². The van der Waals surface area contributed by atoms with E-state index in [1.807, 2.05) is 55.1 Å². The Hall–Kier alpha value is -5.90. The van der Waals surface area contributed by atoms with Crippen molar-refractivity contribution in [2.24, 2.45) is 0 Å². The highest BCUT2D eigenvalue weighted by atomic mass is 16.5. The van der Waals surface area contributed by atoms with Gasteiger partial charge in [0, 0.05) is 72.8 Å². The summed E-state index contributed by atoms with van der Waals surface area (Å²) in [6.45, 7) is 10.6. The number of aromatic amines is 2. The van der Waals surface area contributed by atoms with Gasteiger partial charge in [-0.2, -0.15) is 0 Å². The molecule has 0 atom stereocenters. The number of H-pyrrole nitrogens is 2. The third-order valence-electron chi connectivity index (χ3n) is 10.2. The van der Waals surface area contributed by atoms with Crippen LogP contribution in [0.4, 0.5) is 0 Å². The van der Waals surface area contributed by atoms with Gasteiger partial charge in [0.1, 0.15) is 0 Å².